The summed E-state index contributed by atoms with van der Waals surface area (Å²) in [5.41, 5.74) is 4.21. The molecule has 2 aliphatic rings. The summed E-state index contributed by atoms with van der Waals surface area (Å²) in [5, 5.41) is 4.08. The summed E-state index contributed by atoms with van der Waals surface area (Å²) in [5.74, 6) is -1.30. The first kappa shape index (κ1) is 18.4. The van der Waals surface area contributed by atoms with Gasteiger partial charge >= 0.3 is 0 Å². The first-order valence-corrected chi connectivity index (χ1v) is 9.78. The molecule has 28 heavy (non-hydrogen) atoms. The van der Waals surface area contributed by atoms with E-state index in [2.05, 4.69) is 26.7 Å². The van der Waals surface area contributed by atoms with Crippen LogP contribution in [0.15, 0.2) is 65.2 Å². The second-order valence-electron chi connectivity index (χ2n) is 6.82. The van der Waals surface area contributed by atoms with Gasteiger partial charge in [0.15, 0.2) is 0 Å². The van der Waals surface area contributed by atoms with Crippen molar-refractivity contribution in [3.8, 4) is 0 Å². The van der Waals surface area contributed by atoms with Crippen molar-refractivity contribution in [1.29, 1.82) is 0 Å². The molecule has 1 heterocycles. The Balaban J connectivity index is 1.55. The maximum atomic E-state index is 12.9. The van der Waals surface area contributed by atoms with E-state index in [1.807, 2.05) is 24.3 Å². The number of benzene rings is 2. The number of carbonyl (C=O) groups excluding carboxylic acids is 3. The minimum absolute atomic E-state index is 0.153. The van der Waals surface area contributed by atoms with E-state index in [9.17, 15) is 14.4 Å². The lowest BCUT2D eigenvalue weighted by Crippen LogP contribution is -2.59. The third-order valence-corrected chi connectivity index (χ3v) is 5.53. The maximum Gasteiger partial charge on any atom is 0.255 e. The molecular formula is C21H18BrN3O3. The quantitative estimate of drug-likeness (QED) is 0.716. The molecule has 0 radical (unpaired) electrons. The molecule has 6 nitrogen and oxygen atoms in total. The van der Waals surface area contributed by atoms with Crippen LogP contribution in [0.25, 0.3) is 0 Å². The van der Waals surface area contributed by atoms with Crippen LogP contribution in [0.3, 0.4) is 0 Å². The Bertz CT molecular complexity index is 971. The highest BCUT2D eigenvalue weighted by Crippen LogP contribution is 2.32. The SMILES string of the molecule is O=C(Nc1ccc(Br)cc1)c1cccc(N2NC(=O)C3CC=CCC3C2=O)c1. The third kappa shape index (κ3) is 3.57. The van der Waals surface area contributed by atoms with Gasteiger partial charge in [0.1, 0.15) is 0 Å². The summed E-state index contributed by atoms with van der Waals surface area (Å²) in [4.78, 5) is 37.9. The lowest BCUT2D eigenvalue weighted by Gasteiger charge is -2.38. The highest BCUT2D eigenvalue weighted by Gasteiger charge is 2.42. The van der Waals surface area contributed by atoms with Crippen LogP contribution in [0.5, 0.6) is 0 Å². The Kier molecular flexibility index (Phi) is 5.00. The number of hydrogen-bond donors (Lipinski definition) is 2. The van der Waals surface area contributed by atoms with Crippen molar-refractivity contribution in [3.63, 3.8) is 0 Å². The predicted octanol–water partition coefficient (Wildman–Crippen LogP) is 3.66. The zero-order valence-corrected chi connectivity index (χ0v) is 16.5. The minimum atomic E-state index is -0.362. The number of allylic oxidation sites excluding steroid dienone is 2. The van der Waals surface area contributed by atoms with Gasteiger partial charge in [-0.3, -0.25) is 19.8 Å². The van der Waals surface area contributed by atoms with E-state index in [4.69, 9.17) is 0 Å². The minimum Gasteiger partial charge on any atom is -0.322 e. The van der Waals surface area contributed by atoms with Crippen LogP contribution >= 0.6 is 15.9 Å². The molecule has 2 N–H and O–H groups in total. The monoisotopic (exact) mass is 439 g/mol. The molecule has 2 aromatic rings. The van der Waals surface area contributed by atoms with Crippen LogP contribution in [0.2, 0.25) is 0 Å². The smallest absolute Gasteiger partial charge is 0.255 e. The first-order chi connectivity index (χ1) is 13.5. The Labute approximate surface area is 170 Å². The van der Waals surface area contributed by atoms with Crippen molar-refractivity contribution < 1.29 is 14.4 Å². The molecule has 2 aromatic carbocycles. The number of amides is 3. The lowest BCUT2D eigenvalue weighted by atomic mass is 9.80. The number of nitrogens with zero attached hydrogens (tertiary/aromatic N) is 1. The van der Waals surface area contributed by atoms with Gasteiger partial charge < -0.3 is 5.32 Å². The van der Waals surface area contributed by atoms with Crippen molar-refractivity contribution in [2.45, 2.75) is 12.8 Å². The Hall–Kier alpha value is -2.93. The second-order valence-corrected chi connectivity index (χ2v) is 7.73. The Morgan fingerprint density at radius 2 is 1.75 bits per heavy atom. The fourth-order valence-electron chi connectivity index (χ4n) is 3.51. The van der Waals surface area contributed by atoms with Gasteiger partial charge in [-0.15, -0.1) is 0 Å². The first-order valence-electron chi connectivity index (χ1n) is 8.99. The van der Waals surface area contributed by atoms with Crippen molar-refractivity contribution in [1.82, 2.24) is 5.43 Å². The molecule has 1 aliphatic heterocycles. The molecule has 1 saturated heterocycles. The van der Waals surface area contributed by atoms with Gasteiger partial charge in [-0.2, -0.15) is 0 Å². The Morgan fingerprint density at radius 1 is 1.04 bits per heavy atom. The average Bonchev–Trinajstić information content (AvgIpc) is 2.72. The van der Waals surface area contributed by atoms with E-state index < -0.39 is 0 Å². The van der Waals surface area contributed by atoms with Gasteiger partial charge in [0.2, 0.25) is 11.8 Å². The standard InChI is InChI=1S/C21H18BrN3O3/c22-14-8-10-15(11-9-14)23-19(26)13-4-3-5-16(12-13)25-21(28)18-7-2-1-6-17(18)20(27)24-25/h1-5,8-12,17-18H,6-7H2,(H,23,26)(H,24,27). The maximum absolute atomic E-state index is 12.9. The van der Waals surface area contributed by atoms with E-state index >= 15 is 0 Å². The number of hydrogen-bond acceptors (Lipinski definition) is 3. The van der Waals surface area contributed by atoms with Crippen molar-refractivity contribution >= 4 is 45.0 Å². The van der Waals surface area contributed by atoms with Crippen LogP contribution in [-0.2, 0) is 9.59 Å². The number of carbonyl (C=O) groups is 3. The molecule has 2 unspecified atom stereocenters. The normalized spacial score (nSPS) is 21.1. The van der Waals surface area contributed by atoms with Gasteiger partial charge in [0.05, 0.1) is 17.5 Å². The van der Waals surface area contributed by atoms with Gasteiger partial charge in [0.25, 0.3) is 5.91 Å². The topological polar surface area (TPSA) is 78.5 Å². The predicted molar refractivity (Wildman–Crippen MR) is 110 cm³/mol. The zero-order chi connectivity index (χ0) is 19.7. The van der Waals surface area contributed by atoms with E-state index in [0.717, 1.165) is 4.47 Å². The van der Waals surface area contributed by atoms with Gasteiger partial charge in [-0.05, 0) is 55.3 Å². The van der Waals surface area contributed by atoms with Crippen molar-refractivity contribution in [2.24, 2.45) is 11.8 Å². The third-order valence-electron chi connectivity index (χ3n) is 5.00. The van der Waals surface area contributed by atoms with E-state index in [1.54, 1.807) is 36.4 Å². The average molecular weight is 440 g/mol. The van der Waals surface area contributed by atoms with E-state index in [-0.39, 0.29) is 29.6 Å². The summed E-state index contributed by atoms with van der Waals surface area (Å²) in [6.45, 7) is 0. The van der Waals surface area contributed by atoms with Gasteiger partial charge in [-0.1, -0.05) is 34.1 Å². The van der Waals surface area contributed by atoms with Crippen molar-refractivity contribution in [3.05, 3.63) is 70.7 Å². The molecule has 0 spiro atoms. The fraction of sp³-hybridized carbons (Fsp3) is 0.190. The number of hydrazine groups is 1. The highest BCUT2D eigenvalue weighted by atomic mass is 79.9. The summed E-state index contributed by atoms with van der Waals surface area (Å²) in [7, 11) is 0. The molecule has 0 saturated carbocycles. The molecule has 0 bridgehead atoms. The zero-order valence-electron chi connectivity index (χ0n) is 14.9. The molecule has 3 amide bonds. The molecule has 1 aliphatic carbocycles. The molecule has 0 aromatic heterocycles. The molecular weight excluding hydrogens is 422 g/mol. The van der Waals surface area contributed by atoms with Gasteiger partial charge in [0, 0.05) is 15.7 Å². The number of nitrogens with one attached hydrogen (secondary N) is 2. The summed E-state index contributed by atoms with van der Waals surface area (Å²) < 4.78 is 0.919. The molecule has 4 rings (SSSR count). The second kappa shape index (κ2) is 7.59. The highest BCUT2D eigenvalue weighted by molar-refractivity contribution is 9.10. The van der Waals surface area contributed by atoms with Crippen LogP contribution in [0.4, 0.5) is 11.4 Å². The van der Waals surface area contributed by atoms with Crippen LogP contribution in [0, 0.1) is 11.8 Å². The van der Waals surface area contributed by atoms with E-state index in [1.165, 1.54) is 5.01 Å². The summed E-state index contributed by atoms with van der Waals surface area (Å²) in [6.07, 6.45) is 5.01. The Morgan fingerprint density at radius 3 is 2.50 bits per heavy atom. The number of anilines is 2. The molecule has 2 atom stereocenters. The number of halogens is 1. The molecule has 142 valence electrons. The van der Waals surface area contributed by atoms with E-state index in [0.29, 0.717) is 29.8 Å². The summed E-state index contributed by atoms with van der Waals surface area (Å²) in [6, 6.07) is 13.9. The lowest BCUT2D eigenvalue weighted by molar-refractivity contribution is -0.139. The van der Waals surface area contributed by atoms with Crippen molar-refractivity contribution in [2.75, 3.05) is 10.3 Å². The molecule has 1 fully saturated rings. The fourth-order valence-corrected chi connectivity index (χ4v) is 3.77. The van der Waals surface area contributed by atoms with Crippen LogP contribution < -0.4 is 15.8 Å². The van der Waals surface area contributed by atoms with Crippen LogP contribution in [-0.4, -0.2) is 17.7 Å². The number of rotatable bonds is 3. The number of fused-ring (bicyclic) bond motifs is 1. The molecule has 7 heteroatoms. The van der Waals surface area contributed by atoms with Crippen LogP contribution in [0.1, 0.15) is 23.2 Å². The largest absolute Gasteiger partial charge is 0.322 e. The van der Waals surface area contributed by atoms with Gasteiger partial charge in [-0.25, -0.2) is 5.01 Å². The summed E-state index contributed by atoms with van der Waals surface area (Å²) >= 11 is 3.36.